The van der Waals surface area contributed by atoms with Crippen LogP contribution < -0.4 is 4.90 Å². The fraction of sp³-hybridized carbons (Fsp3) is 0.500. The minimum Gasteiger partial charge on any atom is -0.478 e. The van der Waals surface area contributed by atoms with Gasteiger partial charge in [0.2, 0.25) is 0 Å². The van der Waals surface area contributed by atoms with E-state index in [0.29, 0.717) is 0 Å². The van der Waals surface area contributed by atoms with Crippen LogP contribution in [0, 0.1) is 0 Å². The molecule has 2 rings (SSSR count). The third-order valence-electron chi connectivity index (χ3n) is 4.97. The van der Waals surface area contributed by atoms with Crippen LogP contribution in [0.4, 0.5) is 11.5 Å². The van der Waals surface area contributed by atoms with E-state index in [-0.39, 0.29) is 16.4 Å². The summed E-state index contributed by atoms with van der Waals surface area (Å²) in [7, 11) is 0. The lowest BCUT2D eigenvalue weighted by Crippen LogP contribution is -2.23. The minimum atomic E-state index is -0.955. The fourth-order valence-corrected chi connectivity index (χ4v) is 3.00. The highest BCUT2D eigenvalue weighted by molar-refractivity contribution is 5.87. The number of unbranched alkanes of at least 4 members (excludes halogenated alkanes) is 1. The first-order valence-electron chi connectivity index (χ1n) is 10.1. The van der Waals surface area contributed by atoms with Gasteiger partial charge in [-0.2, -0.15) is 0 Å². The van der Waals surface area contributed by atoms with E-state index in [4.69, 9.17) is 0 Å². The molecule has 0 bridgehead atoms. The summed E-state index contributed by atoms with van der Waals surface area (Å²) >= 11 is 0. The average molecular weight is 383 g/mol. The third kappa shape index (κ3) is 5.34. The first-order chi connectivity index (χ1) is 12.9. The molecule has 0 saturated heterocycles. The number of hydrogen-bond acceptors (Lipinski definition) is 3. The standard InChI is InChI=1S/C24H34N2O2/c1-8-9-12-26(21-11-10-17(16-25-21)22(27)28)20-14-18(23(2,3)4)13-19(15-20)24(5,6)7/h10-11,13-16H,8-9,12H2,1-7H3,(H,27,28). The predicted octanol–water partition coefficient (Wildman–Crippen LogP) is 6.31. The maximum atomic E-state index is 11.2. The van der Waals surface area contributed by atoms with Crippen molar-refractivity contribution in [1.29, 1.82) is 0 Å². The van der Waals surface area contributed by atoms with Gasteiger partial charge in [-0.25, -0.2) is 9.78 Å². The van der Waals surface area contributed by atoms with Gasteiger partial charge in [0.25, 0.3) is 0 Å². The van der Waals surface area contributed by atoms with Gasteiger partial charge in [-0.1, -0.05) is 61.0 Å². The summed E-state index contributed by atoms with van der Waals surface area (Å²) in [6.07, 6.45) is 3.55. The van der Waals surface area contributed by atoms with Crippen molar-refractivity contribution in [1.82, 2.24) is 4.98 Å². The molecule has 0 aliphatic rings. The third-order valence-corrected chi connectivity index (χ3v) is 4.97. The number of aromatic nitrogens is 1. The van der Waals surface area contributed by atoms with E-state index in [1.807, 2.05) is 0 Å². The first kappa shape index (κ1) is 21.9. The molecule has 0 unspecified atom stereocenters. The van der Waals surface area contributed by atoms with Crippen LogP contribution in [0.2, 0.25) is 0 Å². The molecule has 0 atom stereocenters. The molecule has 4 heteroatoms. The highest BCUT2D eigenvalue weighted by Gasteiger charge is 2.23. The molecule has 1 heterocycles. The minimum absolute atomic E-state index is 0.0348. The summed E-state index contributed by atoms with van der Waals surface area (Å²) in [6, 6.07) is 10.2. The summed E-state index contributed by atoms with van der Waals surface area (Å²) in [5.41, 5.74) is 3.97. The van der Waals surface area contributed by atoms with E-state index in [1.54, 1.807) is 12.1 Å². The number of pyridine rings is 1. The summed E-state index contributed by atoms with van der Waals surface area (Å²) in [5, 5.41) is 9.17. The largest absolute Gasteiger partial charge is 0.478 e. The van der Waals surface area contributed by atoms with E-state index >= 15 is 0 Å². The van der Waals surface area contributed by atoms with Crippen LogP contribution in [-0.2, 0) is 10.8 Å². The summed E-state index contributed by atoms with van der Waals surface area (Å²) in [5.74, 6) is -0.173. The number of anilines is 2. The molecule has 1 aromatic heterocycles. The molecular formula is C24H34N2O2. The van der Waals surface area contributed by atoms with Crippen LogP contribution in [0.25, 0.3) is 0 Å². The van der Waals surface area contributed by atoms with Gasteiger partial charge in [-0.3, -0.25) is 0 Å². The molecule has 0 fully saturated rings. The molecule has 0 saturated carbocycles. The van der Waals surface area contributed by atoms with Crippen molar-refractivity contribution in [3.05, 3.63) is 53.2 Å². The van der Waals surface area contributed by atoms with Crippen molar-refractivity contribution in [3.8, 4) is 0 Å². The van der Waals surface area contributed by atoms with Gasteiger partial charge < -0.3 is 10.0 Å². The van der Waals surface area contributed by atoms with Crippen LogP contribution in [0.15, 0.2) is 36.5 Å². The topological polar surface area (TPSA) is 53.4 Å². The SMILES string of the molecule is CCCCN(c1cc(C(C)(C)C)cc(C(C)(C)C)c1)c1ccc(C(=O)O)cn1. The van der Waals surface area contributed by atoms with E-state index in [0.717, 1.165) is 30.9 Å². The Bertz CT molecular complexity index is 780. The van der Waals surface area contributed by atoms with Crippen LogP contribution in [0.5, 0.6) is 0 Å². The molecule has 28 heavy (non-hydrogen) atoms. The molecule has 1 N–H and O–H groups in total. The number of nitrogens with zero attached hydrogens (tertiary/aromatic N) is 2. The Labute approximate surface area is 169 Å². The quantitative estimate of drug-likeness (QED) is 0.636. The molecule has 4 nitrogen and oxygen atoms in total. The highest BCUT2D eigenvalue weighted by Crippen LogP contribution is 2.35. The molecule has 0 aliphatic heterocycles. The van der Waals surface area contributed by atoms with E-state index in [2.05, 4.69) is 76.5 Å². The first-order valence-corrected chi connectivity index (χ1v) is 10.1. The lowest BCUT2D eigenvalue weighted by Gasteiger charge is -2.30. The monoisotopic (exact) mass is 382 g/mol. The zero-order chi connectivity index (χ0) is 21.1. The van der Waals surface area contributed by atoms with Crippen LogP contribution in [-0.4, -0.2) is 22.6 Å². The van der Waals surface area contributed by atoms with E-state index in [1.165, 1.54) is 17.3 Å². The number of carboxylic acid groups (broad SMARTS) is 1. The van der Waals surface area contributed by atoms with Gasteiger partial charge in [-0.15, -0.1) is 0 Å². The molecule has 0 amide bonds. The molecule has 0 radical (unpaired) electrons. The smallest absolute Gasteiger partial charge is 0.337 e. The Morgan fingerprint density at radius 2 is 1.57 bits per heavy atom. The molecular weight excluding hydrogens is 348 g/mol. The lowest BCUT2D eigenvalue weighted by molar-refractivity contribution is 0.0696. The van der Waals surface area contributed by atoms with Gasteiger partial charge in [-0.05, 0) is 52.6 Å². The van der Waals surface area contributed by atoms with Gasteiger partial charge in [0, 0.05) is 18.4 Å². The van der Waals surface area contributed by atoms with Crippen molar-refractivity contribution in [2.45, 2.75) is 72.1 Å². The summed E-state index contributed by atoms with van der Waals surface area (Å²) in [6.45, 7) is 16.4. The molecule has 2 aromatic rings. The second kappa shape index (κ2) is 8.34. The highest BCUT2D eigenvalue weighted by atomic mass is 16.4. The van der Waals surface area contributed by atoms with Crippen LogP contribution in [0.1, 0.15) is 82.8 Å². The van der Waals surface area contributed by atoms with Crippen LogP contribution >= 0.6 is 0 Å². The number of carboxylic acids is 1. The van der Waals surface area contributed by atoms with E-state index < -0.39 is 5.97 Å². The molecule has 1 aromatic carbocycles. The average Bonchev–Trinajstić information content (AvgIpc) is 2.60. The normalized spacial score (nSPS) is 12.1. The lowest BCUT2D eigenvalue weighted by atomic mass is 9.80. The second-order valence-corrected chi connectivity index (χ2v) is 9.48. The molecule has 0 spiro atoms. The molecule has 0 aliphatic carbocycles. The van der Waals surface area contributed by atoms with Crippen molar-refractivity contribution < 1.29 is 9.90 Å². The Kier molecular flexibility index (Phi) is 6.53. The van der Waals surface area contributed by atoms with Crippen molar-refractivity contribution >= 4 is 17.5 Å². The van der Waals surface area contributed by atoms with E-state index in [9.17, 15) is 9.90 Å². The number of carbonyl (C=O) groups is 1. The number of hydrogen-bond donors (Lipinski definition) is 1. The number of aromatic carboxylic acids is 1. The Morgan fingerprint density at radius 1 is 1.00 bits per heavy atom. The Morgan fingerprint density at radius 3 is 1.96 bits per heavy atom. The molecule has 152 valence electrons. The van der Waals surface area contributed by atoms with Gasteiger partial charge in [0.15, 0.2) is 0 Å². The van der Waals surface area contributed by atoms with Gasteiger partial charge in [0.1, 0.15) is 5.82 Å². The maximum absolute atomic E-state index is 11.2. The second-order valence-electron chi connectivity index (χ2n) is 9.48. The van der Waals surface area contributed by atoms with Crippen molar-refractivity contribution in [2.75, 3.05) is 11.4 Å². The number of rotatable bonds is 6. The number of benzene rings is 1. The Hall–Kier alpha value is -2.36. The summed E-state index contributed by atoms with van der Waals surface area (Å²) in [4.78, 5) is 17.8. The Balaban J connectivity index is 2.60. The van der Waals surface area contributed by atoms with Crippen LogP contribution in [0.3, 0.4) is 0 Å². The predicted molar refractivity (Wildman–Crippen MR) is 117 cm³/mol. The summed E-state index contributed by atoms with van der Waals surface area (Å²) < 4.78 is 0. The fourth-order valence-electron chi connectivity index (χ4n) is 3.00. The van der Waals surface area contributed by atoms with Gasteiger partial charge >= 0.3 is 5.97 Å². The maximum Gasteiger partial charge on any atom is 0.337 e. The zero-order valence-corrected chi connectivity index (χ0v) is 18.3. The van der Waals surface area contributed by atoms with Crippen molar-refractivity contribution in [3.63, 3.8) is 0 Å². The van der Waals surface area contributed by atoms with Gasteiger partial charge in [0.05, 0.1) is 5.56 Å². The zero-order valence-electron chi connectivity index (χ0n) is 18.3. The van der Waals surface area contributed by atoms with Crippen molar-refractivity contribution in [2.24, 2.45) is 0 Å².